The molecule has 0 aromatic carbocycles. The van der Waals surface area contributed by atoms with Gasteiger partial charge < -0.3 is 14.9 Å². The summed E-state index contributed by atoms with van der Waals surface area (Å²) in [4.78, 5) is 17.6. The molecule has 1 N–H and O–H groups in total. The van der Waals surface area contributed by atoms with Crippen LogP contribution in [0.4, 0.5) is 0 Å². The van der Waals surface area contributed by atoms with Crippen LogP contribution in [0.5, 0.6) is 0 Å². The molecule has 0 aliphatic heterocycles. The Hall–Kier alpha value is 0.244. The van der Waals surface area contributed by atoms with E-state index in [9.17, 15) is 0 Å². The van der Waals surface area contributed by atoms with Gasteiger partial charge in [-0.05, 0) is 7.05 Å². The van der Waals surface area contributed by atoms with Crippen LogP contribution in [0.15, 0.2) is 0 Å². The number of rotatable bonds is 1. The van der Waals surface area contributed by atoms with Gasteiger partial charge in [-0.1, -0.05) is 0 Å². The van der Waals surface area contributed by atoms with Crippen molar-refractivity contribution in [1.29, 1.82) is 0 Å². The molecule has 0 atom stereocenters. The summed E-state index contributed by atoms with van der Waals surface area (Å²) in [6.07, 6.45) is 2.93. The molecular weight excluding hydrogens is 183 g/mol. The molecule has 0 aliphatic carbocycles. The minimum atomic E-state index is 0. The Morgan fingerprint density at radius 2 is 1.50 bits per heavy atom. The summed E-state index contributed by atoms with van der Waals surface area (Å²) < 4.78 is 0. The van der Waals surface area contributed by atoms with Crippen LogP contribution in [-0.4, -0.2) is 19.7 Å². The van der Waals surface area contributed by atoms with E-state index in [2.05, 4.69) is 5.32 Å². The second kappa shape index (κ2) is 26.8. The van der Waals surface area contributed by atoms with E-state index in [1.807, 2.05) is 0 Å². The average Bonchev–Trinajstić information content (AvgIpc) is 1.69. The molecular formula is C4H7NO2Y-2. The largest absolute Gasteiger partial charge is 0.542 e. The number of amides is 1. The van der Waals surface area contributed by atoms with Gasteiger partial charge in [0.15, 0.2) is 0 Å². The first-order valence-electron chi connectivity index (χ1n) is 1.66. The summed E-state index contributed by atoms with van der Waals surface area (Å²) in [5.74, 6) is 0. The van der Waals surface area contributed by atoms with Crippen molar-refractivity contribution in [2.75, 3.05) is 7.05 Å². The molecule has 1 radical (unpaired) electrons. The molecule has 4 heteroatoms. The van der Waals surface area contributed by atoms with Crippen LogP contribution in [0.3, 0.4) is 0 Å². The van der Waals surface area contributed by atoms with Gasteiger partial charge in [-0.2, -0.15) is 13.3 Å². The number of carbonyl (C=O) groups excluding carboxylic acids is 2. The molecule has 3 nitrogen and oxygen atoms in total. The maximum absolute atomic E-state index is 8.94. The zero-order valence-electron chi connectivity index (χ0n) is 4.89. The predicted molar refractivity (Wildman–Crippen MR) is 26.1 cm³/mol. The monoisotopic (exact) mass is 190 g/mol. The van der Waals surface area contributed by atoms with E-state index in [4.69, 9.17) is 9.59 Å². The average molecular weight is 190 g/mol. The molecule has 0 spiro atoms. The first kappa shape index (κ1) is 15.7. The van der Waals surface area contributed by atoms with Crippen LogP contribution in [0.25, 0.3) is 0 Å². The maximum atomic E-state index is 8.94. The Bertz CT molecular complexity index is 49.3. The van der Waals surface area contributed by atoms with Crippen LogP contribution in [-0.2, 0) is 42.3 Å². The zero-order chi connectivity index (χ0) is 6.12. The summed E-state index contributed by atoms with van der Waals surface area (Å²) in [7, 11) is 1.51. The Balaban J connectivity index is -0.0000000575. The van der Waals surface area contributed by atoms with Gasteiger partial charge in [-0.3, -0.25) is 6.29 Å². The van der Waals surface area contributed by atoms with Gasteiger partial charge in [-0.15, -0.1) is 0 Å². The van der Waals surface area contributed by atoms with Gasteiger partial charge in [0, 0.05) is 32.7 Å². The molecule has 8 heavy (non-hydrogen) atoms. The maximum Gasteiger partial charge on any atom is 0 e. The van der Waals surface area contributed by atoms with Gasteiger partial charge in [0.25, 0.3) is 0 Å². The van der Waals surface area contributed by atoms with Crippen molar-refractivity contribution < 1.29 is 42.3 Å². The van der Waals surface area contributed by atoms with E-state index in [0.717, 1.165) is 0 Å². The quantitative estimate of drug-likeness (QED) is 0.442. The summed E-state index contributed by atoms with van der Waals surface area (Å²) in [6, 6.07) is 0. The van der Waals surface area contributed by atoms with Gasteiger partial charge in [0.1, 0.15) is 0 Å². The number of hydrogen-bond acceptors (Lipinski definition) is 2. The molecule has 0 saturated carbocycles. The van der Waals surface area contributed by atoms with Crippen LogP contribution in [0.2, 0.25) is 0 Å². The van der Waals surface area contributed by atoms with E-state index in [1.54, 1.807) is 0 Å². The molecule has 0 aromatic rings. The van der Waals surface area contributed by atoms with E-state index in [1.165, 1.54) is 26.7 Å². The molecule has 0 fully saturated rings. The normalized spacial score (nSPS) is 4.25. The first-order valence-corrected chi connectivity index (χ1v) is 1.66. The fraction of sp³-hybridized carbons (Fsp3) is 0.500. The van der Waals surface area contributed by atoms with Gasteiger partial charge in [0.2, 0.25) is 0 Å². The van der Waals surface area contributed by atoms with Crippen molar-refractivity contribution >= 4 is 12.7 Å². The molecule has 0 unspecified atom stereocenters. The van der Waals surface area contributed by atoms with Crippen molar-refractivity contribution in [2.45, 2.75) is 6.92 Å². The number of nitrogens with one attached hydrogen (secondary N) is 1. The summed E-state index contributed by atoms with van der Waals surface area (Å²) in [6.45, 7) is 1.32. The molecule has 0 aliphatic rings. The Kier molecular flexibility index (Phi) is 52.8. The van der Waals surface area contributed by atoms with Gasteiger partial charge in [0.05, 0.1) is 0 Å². The van der Waals surface area contributed by atoms with Crippen LogP contribution < -0.4 is 5.32 Å². The van der Waals surface area contributed by atoms with Crippen LogP contribution in [0.1, 0.15) is 6.92 Å². The Morgan fingerprint density at radius 3 is 1.50 bits per heavy atom. The van der Waals surface area contributed by atoms with Crippen LogP contribution in [0, 0.1) is 0 Å². The SMILES string of the molecule is CN[C-]=O.C[C-]=O.[Y]. The third kappa shape index (κ3) is 111. The summed E-state index contributed by atoms with van der Waals surface area (Å²) in [5, 5.41) is 2.12. The minimum absolute atomic E-state index is 0. The molecule has 0 bridgehead atoms. The van der Waals surface area contributed by atoms with E-state index < -0.39 is 0 Å². The molecule has 0 heterocycles. The topological polar surface area (TPSA) is 46.2 Å². The standard InChI is InChI=1S/C2H4NO.C2H3O.Y/c1-3-2-4;1-2-3;/h1H3,(H,3,4);1H3;/q2*-1;. The van der Waals surface area contributed by atoms with E-state index >= 15 is 0 Å². The van der Waals surface area contributed by atoms with Crippen molar-refractivity contribution in [2.24, 2.45) is 0 Å². The molecule has 1 amide bonds. The van der Waals surface area contributed by atoms with Crippen molar-refractivity contribution in [3.63, 3.8) is 0 Å². The summed E-state index contributed by atoms with van der Waals surface area (Å²) in [5.41, 5.74) is 0. The minimum Gasteiger partial charge on any atom is -0.542 e. The van der Waals surface area contributed by atoms with E-state index in [-0.39, 0.29) is 32.7 Å². The van der Waals surface area contributed by atoms with Crippen molar-refractivity contribution in [1.82, 2.24) is 5.32 Å². The third-order valence-corrected chi connectivity index (χ3v) is 0.102. The zero-order valence-corrected chi connectivity index (χ0v) is 7.73. The van der Waals surface area contributed by atoms with Gasteiger partial charge in [-0.25, -0.2) is 0 Å². The molecule has 0 aromatic heterocycles. The number of hydrogen-bond donors (Lipinski definition) is 1. The fourth-order valence-corrected chi connectivity index (χ4v) is 0. The fourth-order valence-electron chi connectivity index (χ4n) is 0. The van der Waals surface area contributed by atoms with Crippen molar-refractivity contribution in [3.05, 3.63) is 0 Å². The van der Waals surface area contributed by atoms with E-state index in [0.29, 0.717) is 0 Å². The second-order valence-electron chi connectivity index (χ2n) is 0.556. The second-order valence-corrected chi connectivity index (χ2v) is 0.556. The predicted octanol–water partition coefficient (Wildman–Crippen LogP) is -0.614. The van der Waals surface area contributed by atoms with Crippen molar-refractivity contribution in [3.8, 4) is 0 Å². The summed E-state index contributed by atoms with van der Waals surface area (Å²) >= 11 is 0. The molecule has 0 rings (SSSR count). The smallest absolute Gasteiger partial charge is 0 e. The van der Waals surface area contributed by atoms with Gasteiger partial charge >= 0.3 is 0 Å². The Labute approximate surface area is 74.1 Å². The Morgan fingerprint density at radius 1 is 1.38 bits per heavy atom. The third-order valence-electron chi connectivity index (χ3n) is 0.102. The molecule has 0 saturated heterocycles. The van der Waals surface area contributed by atoms with Crippen LogP contribution >= 0.6 is 0 Å². The molecule has 45 valence electrons. The first-order chi connectivity index (χ1) is 3.33.